The van der Waals surface area contributed by atoms with Crippen molar-refractivity contribution >= 4 is 11.8 Å². The van der Waals surface area contributed by atoms with E-state index in [1.165, 1.54) is 0 Å². The third kappa shape index (κ3) is 3.07. The molecule has 2 heterocycles. The molecule has 92 valence electrons. The van der Waals surface area contributed by atoms with Gasteiger partial charge in [0.1, 0.15) is 5.82 Å². The summed E-state index contributed by atoms with van der Waals surface area (Å²) in [5.74, 6) is 1.82. The number of nitrogens with two attached hydrogens (primary N) is 1. The van der Waals surface area contributed by atoms with E-state index in [4.69, 9.17) is 5.73 Å². The van der Waals surface area contributed by atoms with Gasteiger partial charge in [0.15, 0.2) is 5.16 Å². The molecular formula is C10H16N6S. The van der Waals surface area contributed by atoms with Crippen molar-refractivity contribution in [1.29, 1.82) is 0 Å². The number of thioether (sulfide) groups is 1. The van der Waals surface area contributed by atoms with Crippen molar-refractivity contribution in [2.45, 2.75) is 24.7 Å². The lowest BCUT2D eigenvalue weighted by molar-refractivity contribution is 0.605. The maximum absolute atomic E-state index is 5.54. The predicted octanol–water partition coefficient (Wildman–Crippen LogP) is 0.653. The van der Waals surface area contributed by atoms with Crippen molar-refractivity contribution in [2.24, 2.45) is 12.8 Å². The van der Waals surface area contributed by atoms with E-state index in [0.29, 0.717) is 6.54 Å². The maximum Gasteiger partial charge on any atom is 0.190 e. The zero-order chi connectivity index (χ0) is 12.1. The summed E-state index contributed by atoms with van der Waals surface area (Å²) in [4.78, 5) is 0. The summed E-state index contributed by atoms with van der Waals surface area (Å²) in [5.41, 5.74) is 5.54. The van der Waals surface area contributed by atoms with Crippen LogP contribution in [-0.4, -0.2) is 30.3 Å². The minimum absolute atomic E-state index is 0.428. The van der Waals surface area contributed by atoms with Crippen molar-refractivity contribution in [3.63, 3.8) is 0 Å². The van der Waals surface area contributed by atoms with E-state index in [-0.39, 0.29) is 0 Å². The third-order valence-electron chi connectivity index (χ3n) is 2.43. The minimum atomic E-state index is 0.428. The highest BCUT2D eigenvalue weighted by molar-refractivity contribution is 7.99. The molecule has 0 amide bonds. The molecule has 2 N–H and O–H groups in total. The van der Waals surface area contributed by atoms with Gasteiger partial charge in [-0.05, 0) is 12.5 Å². The standard InChI is InChI=1S/C10H16N6S/c1-15-9(8-11)13-14-10(15)17-7-3-6-16-5-2-4-12-16/h2,4-5H,3,6-8,11H2,1H3. The van der Waals surface area contributed by atoms with Gasteiger partial charge in [0.25, 0.3) is 0 Å². The van der Waals surface area contributed by atoms with Gasteiger partial charge in [-0.2, -0.15) is 5.10 Å². The fraction of sp³-hybridized carbons (Fsp3) is 0.500. The average Bonchev–Trinajstić information content (AvgIpc) is 2.95. The van der Waals surface area contributed by atoms with Gasteiger partial charge in [0, 0.05) is 31.7 Å². The van der Waals surface area contributed by atoms with Crippen LogP contribution >= 0.6 is 11.8 Å². The Labute approximate surface area is 104 Å². The molecule has 0 aliphatic carbocycles. The molecule has 2 rings (SSSR count). The van der Waals surface area contributed by atoms with Crippen LogP contribution < -0.4 is 5.73 Å². The average molecular weight is 252 g/mol. The summed E-state index contributed by atoms with van der Waals surface area (Å²) in [6.07, 6.45) is 4.82. The van der Waals surface area contributed by atoms with Crippen LogP contribution in [0.15, 0.2) is 23.6 Å². The lowest BCUT2D eigenvalue weighted by atomic mass is 10.5. The van der Waals surface area contributed by atoms with E-state index in [1.807, 2.05) is 28.6 Å². The zero-order valence-electron chi connectivity index (χ0n) is 9.78. The Morgan fingerprint density at radius 1 is 1.41 bits per heavy atom. The monoisotopic (exact) mass is 252 g/mol. The molecule has 0 unspecified atom stereocenters. The van der Waals surface area contributed by atoms with Crippen LogP contribution in [0.1, 0.15) is 12.2 Å². The Bertz CT molecular complexity index is 449. The van der Waals surface area contributed by atoms with Gasteiger partial charge >= 0.3 is 0 Å². The smallest absolute Gasteiger partial charge is 0.190 e. The fourth-order valence-corrected chi connectivity index (χ4v) is 2.32. The van der Waals surface area contributed by atoms with Crippen LogP contribution in [-0.2, 0) is 20.1 Å². The van der Waals surface area contributed by atoms with Crippen LogP contribution in [0.2, 0.25) is 0 Å². The molecule has 0 saturated heterocycles. The Morgan fingerprint density at radius 2 is 2.29 bits per heavy atom. The van der Waals surface area contributed by atoms with E-state index in [9.17, 15) is 0 Å². The van der Waals surface area contributed by atoms with Crippen LogP contribution in [0.3, 0.4) is 0 Å². The molecule has 0 aromatic carbocycles. The second kappa shape index (κ2) is 5.83. The molecule has 0 aliphatic heterocycles. The van der Waals surface area contributed by atoms with Gasteiger partial charge in [0.05, 0.1) is 6.54 Å². The molecule has 2 aromatic rings. The number of aryl methyl sites for hydroxylation is 1. The summed E-state index contributed by atoms with van der Waals surface area (Å²) in [6.45, 7) is 1.36. The highest BCUT2D eigenvalue weighted by Crippen LogP contribution is 2.16. The number of hydrogen-bond acceptors (Lipinski definition) is 5. The number of rotatable bonds is 6. The minimum Gasteiger partial charge on any atom is -0.324 e. The summed E-state index contributed by atoms with van der Waals surface area (Å²) in [6, 6.07) is 1.93. The summed E-state index contributed by atoms with van der Waals surface area (Å²) in [7, 11) is 1.94. The normalized spacial score (nSPS) is 10.9. The molecule has 0 saturated carbocycles. The molecule has 0 fully saturated rings. The van der Waals surface area contributed by atoms with E-state index in [0.717, 1.165) is 29.7 Å². The first-order valence-corrected chi connectivity index (χ1v) is 6.48. The Kier molecular flexibility index (Phi) is 4.16. The van der Waals surface area contributed by atoms with Gasteiger partial charge in [-0.1, -0.05) is 11.8 Å². The number of hydrogen-bond donors (Lipinski definition) is 1. The maximum atomic E-state index is 5.54. The van der Waals surface area contributed by atoms with E-state index in [1.54, 1.807) is 18.0 Å². The molecule has 7 heteroatoms. The second-order valence-corrected chi connectivity index (χ2v) is 4.70. The van der Waals surface area contributed by atoms with Crippen LogP contribution in [0.5, 0.6) is 0 Å². The Hall–Kier alpha value is -1.34. The summed E-state index contributed by atoms with van der Waals surface area (Å²) in [5, 5.41) is 13.2. The lowest BCUT2D eigenvalue weighted by Gasteiger charge is -2.02. The largest absolute Gasteiger partial charge is 0.324 e. The van der Waals surface area contributed by atoms with E-state index >= 15 is 0 Å². The topological polar surface area (TPSA) is 74.6 Å². The van der Waals surface area contributed by atoms with Crippen molar-refractivity contribution in [1.82, 2.24) is 24.5 Å². The van der Waals surface area contributed by atoms with Crippen LogP contribution in [0.4, 0.5) is 0 Å². The molecule has 0 radical (unpaired) electrons. The molecule has 2 aromatic heterocycles. The molecular weight excluding hydrogens is 236 g/mol. The van der Waals surface area contributed by atoms with Crippen molar-refractivity contribution in [3.8, 4) is 0 Å². The van der Waals surface area contributed by atoms with Crippen LogP contribution in [0.25, 0.3) is 0 Å². The first kappa shape index (κ1) is 12.1. The molecule has 0 spiro atoms. The van der Waals surface area contributed by atoms with Gasteiger partial charge < -0.3 is 10.3 Å². The van der Waals surface area contributed by atoms with Crippen molar-refractivity contribution in [3.05, 3.63) is 24.3 Å². The zero-order valence-corrected chi connectivity index (χ0v) is 10.6. The molecule has 0 bridgehead atoms. The van der Waals surface area contributed by atoms with Gasteiger partial charge in [-0.25, -0.2) is 0 Å². The number of nitrogens with zero attached hydrogens (tertiary/aromatic N) is 5. The predicted molar refractivity (Wildman–Crippen MR) is 66.5 cm³/mol. The van der Waals surface area contributed by atoms with Gasteiger partial charge in [0.2, 0.25) is 0 Å². The molecule has 17 heavy (non-hydrogen) atoms. The molecule has 0 atom stereocenters. The Morgan fingerprint density at radius 3 is 2.94 bits per heavy atom. The highest BCUT2D eigenvalue weighted by atomic mass is 32.2. The van der Waals surface area contributed by atoms with E-state index in [2.05, 4.69) is 15.3 Å². The highest BCUT2D eigenvalue weighted by Gasteiger charge is 2.06. The molecule has 0 aliphatic rings. The Balaban J connectivity index is 1.76. The number of aromatic nitrogens is 5. The summed E-state index contributed by atoms with van der Waals surface area (Å²) < 4.78 is 3.88. The lowest BCUT2D eigenvalue weighted by Crippen LogP contribution is -2.05. The van der Waals surface area contributed by atoms with Crippen molar-refractivity contribution < 1.29 is 0 Å². The third-order valence-corrected chi connectivity index (χ3v) is 3.54. The van der Waals surface area contributed by atoms with Crippen molar-refractivity contribution in [2.75, 3.05) is 5.75 Å². The second-order valence-electron chi connectivity index (χ2n) is 3.63. The summed E-state index contributed by atoms with van der Waals surface area (Å²) >= 11 is 1.70. The first-order chi connectivity index (χ1) is 8.31. The van der Waals surface area contributed by atoms with E-state index < -0.39 is 0 Å². The SMILES string of the molecule is Cn1c(CN)nnc1SCCCn1cccn1. The van der Waals surface area contributed by atoms with Gasteiger partial charge in [-0.3, -0.25) is 4.68 Å². The van der Waals surface area contributed by atoms with Crippen LogP contribution in [0, 0.1) is 0 Å². The van der Waals surface area contributed by atoms with Gasteiger partial charge in [-0.15, -0.1) is 10.2 Å². The quantitative estimate of drug-likeness (QED) is 0.603. The fourth-order valence-electron chi connectivity index (χ4n) is 1.47. The first-order valence-electron chi connectivity index (χ1n) is 5.50. The molecule has 6 nitrogen and oxygen atoms in total.